The Morgan fingerprint density at radius 3 is 2.59 bits per heavy atom. The van der Waals surface area contributed by atoms with Crippen molar-refractivity contribution in [2.45, 2.75) is 12.3 Å². The van der Waals surface area contributed by atoms with Crippen molar-refractivity contribution in [3.63, 3.8) is 0 Å². The molecular formula is C15H13ClN2O3S. The molecule has 114 valence electrons. The van der Waals surface area contributed by atoms with E-state index >= 15 is 0 Å². The summed E-state index contributed by atoms with van der Waals surface area (Å²) in [4.78, 5) is 4.02. The van der Waals surface area contributed by atoms with Crippen LogP contribution in [0.2, 0.25) is 5.02 Å². The minimum absolute atomic E-state index is 0.0886. The second-order valence-corrected chi connectivity index (χ2v) is 7.10. The van der Waals surface area contributed by atoms with E-state index in [1.807, 2.05) is 6.07 Å². The Labute approximate surface area is 133 Å². The van der Waals surface area contributed by atoms with E-state index in [0.29, 0.717) is 16.2 Å². The molecule has 22 heavy (non-hydrogen) atoms. The zero-order valence-corrected chi connectivity index (χ0v) is 13.1. The average molecular weight is 337 g/mol. The number of aromatic nitrogens is 1. The number of hydrogen-bond acceptors (Lipinski definition) is 4. The Hall–Kier alpha value is -1.89. The van der Waals surface area contributed by atoms with Crippen molar-refractivity contribution < 1.29 is 12.8 Å². The van der Waals surface area contributed by atoms with Gasteiger partial charge in [-0.3, -0.25) is 0 Å². The minimum Gasteiger partial charge on any atom is -0.443 e. The molecule has 0 aliphatic carbocycles. The second-order valence-electron chi connectivity index (χ2n) is 4.86. The lowest BCUT2D eigenvalue weighted by Gasteiger charge is -2.07. The Balaban J connectivity index is 1.67. The third-order valence-electron chi connectivity index (χ3n) is 3.16. The first-order valence-corrected chi connectivity index (χ1v) is 8.59. The van der Waals surface area contributed by atoms with Crippen LogP contribution in [0, 0.1) is 0 Å². The molecule has 0 radical (unpaired) electrons. The Morgan fingerprint density at radius 1 is 1.09 bits per heavy atom. The molecular weight excluding hydrogens is 324 g/mol. The van der Waals surface area contributed by atoms with Crippen molar-refractivity contribution in [2.24, 2.45) is 0 Å². The molecule has 0 saturated carbocycles. The lowest BCUT2D eigenvalue weighted by Crippen LogP contribution is -2.24. The molecule has 1 N–H and O–H groups in total. The summed E-state index contributed by atoms with van der Waals surface area (Å²) in [5, 5.41) is 0.578. The average Bonchev–Trinajstić information content (AvgIpc) is 2.95. The molecule has 5 nitrogen and oxygen atoms in total. The molecule has 1 aromatic heterocycles. The van der Waals surface area contributed by atoms with Gasteiger partial charge in [0.1, 0.15) is 5.52 Å². The first kappa shape index (κ1) is 15.0. The zero-order chi connectivity index (χ0) is 15.6. The van der Waals surface area contributed by atoms with Crippen LogP contribution in [-0.2, 0) is 22.3 Å². The summed E-state index contributed by atoms with van der Waals surface area (Å²) >= 11 is 5.78. The molecule has 0 amide bonds. The van der Waals surface area contributed by atoms with Crippen molar-refractivity contribution in [3.8, 4) is 0 Å². The molecule has 0 unspecified atom stereocenters. The largest absolute Gasteiger partial charge is 0.443 e. The Kier molecular flexibility index (Phi) is 4.15. The molecule has 7 heteroatoms. The van der Waals surface area contributed by atoms with Gasteiger partial charge < -0.3 is 4.42 Å². The van der Waals surface area contributed by atoms with Gasteiger partial charge in [-0.25, -0.2) is 18.1 Å². The van der Waals surface area contributed by atoms with Gasteiger partial charge in [0, 0.05) is 11.6 Å². The normalized spacial score (nSPS) is 11.9. The first-order chi connectivity index (χ1) is 10.5. The van der Waals surface area contributed by atoms with Gasteiger partial charge in [0.2, 0.25) is 10.0 Å². The van der Waals surface area contributed by atoms with Crippen molar-refractivity contribution in [2.75, 3.05) is 0 Å². The van der Waals surface area contributed by atoms with Gasteiger partial charge in [0.25, 0.3) is 0 Å². The molecule has 2 aromatic carbocycles. The number of hydrogen-bond donors (Lipinski definition) is 1. The Morgan fingerprint density at radius 2 is 1.82 bits per heavy atom. The summed E-state index contributed by atoms with van der Waals surface area (Å²) in [5.41, 5.74) is 2.87. The van der Waals surface area contributed by atoms with E-state index in [0.717, 1.165) is 11.1 Å². The maximum Gasteiger partial charge on any atom is 0.216 e. The van der Waals surface area contributed by atoms with Gasteiger partial charge in [-0.1, -0.05) is 29.8 Å². The molecule has 0 aliphatic rings. The molecule has 0 aliphatic heterocycles. The highest BCUT2D eigenvalue weighted by Gasteiger charge is 2.11. The number of rotatable bonds is 5. The van der Waals surface area contributed by atoms with Gasteiger partial charge in [-0.15, -0.1) is 0 Å². The van der Waals surface area contributed by atoms with Crippen LogP contribution in [-0.4, -0.2) is 13.4 Å². The van der Waals surface area contributed by atoms with E-state index < -0.39 is 10.0 Å². The van der Waals surface area contributed by atoms with E-state index in [1.165, 1.54) is 6.39 Å². The van der Waals surface area contributed by atoms with Gasteiger partial charge in [-0.2, -0.15) is 0 Å². The van der Waals surface area contributed by atoms with Crippen LogP contribution in [0.1, 0.15) is 11.1 Å². The fourth-order valence-electron chi connectivity index (χ4n) is 2.05. The highest BCUT2D eigenvalue weighted by atomic mass is 35.5. The van der Waals surface area contributed by atoms with Crippen LogP contribution in [0.4, 0.5) is 0 Å². The van der Waals surface area contributed by atoms with Crippen LogP contribution in [0.3, 0.4) is 0 Å². The Bertz CT molecular complexity index is 889. The molecule has 1 heterocycles. The van der Waals surface area contributed by atoms with E-state index in [2.05, 4.69) is 9.71 Å². The van der Waals surface area contributed by atoms with Crippen LogP contribution < -0.4 is 4.72 Å². The minimum atomic E-state index is -3.42. The summed E-state index contributed by atoms with van der Waals surface area (Å²) < 4.78 is 32.0. The number of sulfonamides is 1. The predicted octanol–water partition coefficient (Wildman–Crippen LogP) is 3.10. The monoisotopic (exact) mass is 336 g/mol. The van der Waals surface area contributed by atoms with E-state index in [4.69, 9.17) is 16.0 Å². The molecule has 0 fully saturated rings. The highest BCUT2D eigenvalue weighted by Crippen LogP contribution is 2.15. The third-order valence-corrected chi connectivity index (χ3v) is 4.71. The molecule has 0 saturated heterocycles. The summed E-state index contributed by atoms with van der Waals surface area (Å²) in [6.45, 7) is 0.201. The summed E-state index contributed by atoms with van der Waals surface area (Å²) in [7, 11) is -3.42. The van der Waals surface area contributed by atoms with Gasteiger partial charge in [0.15, 0.2) is 12.0 Å². The number of benzene rings is 2. The molecule has 3 aromatic rings. The quantitative estimate of drug-likeness (QED) is 0.777. The number of nitrogens with zero attached hydrogens (tertiary/aromatic N) is 1. The molecule has 0 atom stereocenters. The van der Waals surface area contributed by atoms with Gasteiger partial charge in [0.05, 0.1) is 5.75 Å². The zero-order valence-electron chi connectivity index (χ0n) is 11.5. The number of oxazole rings is 1. The number of halogens is 1. The molecule has 0 spiro atoms. The van der Waals surface area contributed by atoms with Crippen LogP contribution in [0.5, 0.6) is 0 Å². The van der Waals surface area contributed by atoms with Crippen molar-refractivity contribution in [3.05, 3.63) is 65.0 Å². The number of nitrogens with one attached hydrogen (secondary N) is 1. The second kappa shape index (κ2) is 6.08. The van der Waals surface area contributed by atoms with Crippen molar-refractivity contribution in [1.29, 1.82) is 0 Å². The van der Waals surface area contributed by atoms with Crippen LogP contribution >= 0.6 is 11.6 Å². The van der Waals surface area contributed by atoms with Gasteiger partial charge >= 0.3 is 0 Å². The van der Waals surface area contributed by atoms with E-state index in [-0.39, 0.29) is 12.3 Å². The smallest absolute Gasteiger partial charge is 0.216 e. The number of fused-ring (bicyclic) bond motifs is 1. The fraction of sp³-hybridized carbons (Fsp3) is 0.133. The summed E-state index contributed by atoms with van der Waals surface area (Å²) in [5.74, 6) is -0.0886. The molecule has 0 bridgehead atoms. The van der Waals surface area contributed by atoms with Crippen molar-refractivity contribution in [1.82, 2.24) is 9.71 Å². The van der Waals surface area contributed by atoms with Crippen LogP contribution in [0.15, 0.2) is 53.3 Å². The van der Waals surface area contributed by atoms with E-state index in [9.17, 15) is 8.42 Å². The summed E-state index contributed by atoms with van der Waals surface area (Å²) in [6.07, 6.45) is 1.36. The maximum absolute atomic E-state index is 12.1. The van der Waals surface area contributed by atoms with E-state index in [1.54, 1.807) is 36.4 Å². The lowest BCUT2D eigenvalue weighted by molar-refractivity contribution is 0.580. The fourth-order valence-corrected chi connectivity index (χ4v) is 3.30. The lowest BCUT2D eigenvalue weighted by atomic mass is 10.2. The van der Waals surface area contributed by atoms with Crippen LogP contribution in [0.25, 0.3) is 11.1 Å². The topological polar surface area (TPSA) is 72.2 Å². The third kappa shape index (κ3) is 3.65. The standard InChI is InChI=1S/C15H13ClN2O3S/c16-13-4-1-11(2-5-13)9-22(19,20)18-8-12-3-6-14-15(7-12)21-10-17-14/h1-7,10,18H,8-9H2. The first-order valence-electron chi connectivity index (χ1n) is 6.56. The SMILES string of the molecule is O=S(=O)(Cc1ccc(Cl)cc1)NCc1ccc2ncoc2c1. The summed E-state index contributed by atoms with van der Waals surface area (Å²) in [6, 6.07) is 12.1. The highest BCUT2D eigenvalue weighted by molar-refractivity contribution is 7.88. The van der Waals surface area contributed by atoms with Gasteiger partial charge in [-0.05, 0) is 35.4 Å². The maximum atomic E-state index is 12.1. The molecule has 3 rings (SSSR count). The predicted molar refractivity (Wildman–Crippen MR) is 84.9 cm³/mol. The van der Waals surface area contributed by atoms with Crippen molar-refractivity contribution >= 4 is 32.7 Å².